The van der Waals surface area contributed by atoms with Crippen LogP contribution < -0.4 is 10.1 Å². The number of methoxy groups -OCH3 is 1. The molecule has 41 heavy (non-hydrogen) atoms. The zero-order valence-electron chi connectivity index (χ0n) is 22.3. The Morgan fingerprint density at radius 1 is 0.951 bits per heavy atom. The molecule has 210 valence electrons. The SMILES string of the molecule is COc1cc(-c2ccc(SF)cc2NC(=O)O[C@H](C)c2ccc(Cl)cc2)ccc1-c1ccc(C2(C(=O)O)CC2)cc1. The Morgan fingerprint density at radius 3 is 2.22 bits per heavy atom. The Balaban J connectivity index is 1.40. The second-order valence-electron chi connectivity index (χ2n) is 9.89. The van der Waals surface area contributed by atoms with Gasteiger partial charge in [0.05, 0.1) is 30.4 Å². The first kappa shape index (κ1) is 28.5. The molecule has 1 aliphatic rings. The van der Waals surface area contributed by atoms with E-state index in [2.05, 4.69) is 5.32 Å². The molecule has 4 aromatic rings. The molecule has 1 atom stereocenters. The zero-order chi connectivity index (χ0) is 29.1. The third kappa shape index (κ3) is 6.04. The monoisotopic (exact) mass is 591 g/mol. The quantitative estimate of drug-likeness (QED) is 0.202. The molecule has 0 aromatic heterocycles. The van der Waals surface area contributed by atoms with Crippen LogP contribution in [0, 0.1) is 0 Å². The fourth-order valence-electron chi connectivity index (χ4n) is 4.85. The van der Waals surface area contributed by atoms with Gasteiger partial charge < -0.3 is 14.6 Å². The van der Waals surface area contributed by atoms with E-state index in [0.717, 1.165) is 27.8 Å². The van der Waals surface area contributed by atoms with E-state index < -0.39 is 23.6 Å². The predicted octanol–water partition coefficient (Wildman–Crippen LogP) is 9.09. The number of aliphatic carboxylic acids is 1. The summed E-state index contributed by atoms with van der Waals surface area (Å²) in [6.07, 6.45) is 0.0610. The van der Waals surface area contributed by atoms with Crippen LogP contribution in [0.25, 0.3) is 22.3 Å². The lowest BCUT2D eigenvalue weighted by atomic mass is 9.93. The Hall–Kier alpha value is -4.01. The van der Waals surface area contributed by atoms with Gasteiger partial charge in [0.25, 0.3) is 0 Å². The lowest BCUT2D eigenvalue weighted by Gasteiger charge is -2.17. The van der Waals surface area contributed by atoms with Crippen LogP contribution in [0.4, 0.5) is 14.4 Å². The number of carbonyl (C=O) groups excluding carboxylic acids is 1. The minimum atomic E-state index is -0.794. The summed E-state index contributed by atoms with van der Waals surface area (Å²) in [4.78, 5) is 24.9. The molecule has 2 N–H and O–H groups in total. The highest BCUT2D eigenvalue weighted by molar-refractivity contribution is 7.94. The van der Waals surface area contributed by atoms with E-state index in [4.69, 9.17) is 21.1 Å². The topological polar surface area (TPSA) is 84.9 Å². The lowest BCUT2D eigenvalue weighted by molar-refractivity contribution is -0.140. The van der Waals surface area contributed by atoms with Crippen LogP contribution in [0.3, 0.4) is 0 Å². The molecule has 9 heteroatoms. The van der Waals surface area contributed by atoms with Crippen molar-refractivity contribution < 1.29 is 28.1 Å². The molecule has 1 saturated carbocycles. The number of amides is 1. The molecule has 0 heterocycles. The van der Waals surface area contributed by atoms with E-state index in [1.807, 2.05) is 42.5 Å². The van der Waals surface area contributed by atoms with Gasteiger partial charge in [-0.15, -0.1) is 0 Å². The minimum Gasteiger partial charge on any atom is -0.496 e. The number of carboxylic acid groups (broad SMARTS) is 1. The smallest absolute Gasteiger partial charge is 0.412 e. The van der Waals surface area contributed by atoms with Gasteiger partial charge in [-0.25, -0.2) is 4.79 Å². The van der Waals surface area contributed by atoms with Crippen LogP contribution in [0.15, 0.2) is 89.8 Å². The summed E-state index contributed by atoms with van der Waals surface area (Å²) in [7, 11) is 1.57. The number of rotatable bonds is 9. The number of benzene rings is 4. The number of hydrogen-bond acceptors (Lipinski definition) is 5. The summed E-state index contributed by atoms with van der Waals surface area (Å²) >= 11 is 6.03. The maximum Gasteiger partial charge on any atom is 0.412 e. The number of carboxylic acids is 1. The van der Waals surface area contributed by atoms with Crippen molar-refractivity contribution in [3.05, 3.63) is 101 Å². The van der Waals surface area contributed by atoms with Crippen LogP contribution in [0.5, 0.6) is 5.75 Å². The molecule has 1 fully saturated rings. The molecule has 5 rings (SSSR count). The van der Waals surface area contributed by atoms with Gasteiger partial charge in [-0.2, -0.15) is 3.89 Å². The van der Waals surface area contributed by atoms with Crippen molar-refractivity contribution in [3.8, 4) is 28.0 Å². The zero-order valence-corrected chi connectivity index (χ0v) is 23.9. The first-order valence-corrected chi connectivity index (χ1v) is 14.0. The largest absolute Gasteiger partial charge is 0.496 e. The summed E-state index contributed by atoms with van der Waals surface area (Å²) in [5.74, 6) is -0.208. The maximum absolute atomic E-state index is 13.5. The third-order valence-corrected chi connectivity index (χ3v) is 8.04. The van der Waals surface area contributed by atoms with Gasteiger partial charge in [0.1, 0.15) is 11.9 Å². The van der Waals surface area contributed by atoms with E-state index in [1.54, 1.807) is 56.5 Å². The number of anilines is 1. The highest BCUT2D eigenvalue weighted by atomic mass is 35.5. The van der Waals surface area contributed by atoms with E-state index in [1.165, 1.54) is 0 Å². The second kappa shape index (κ2) is 11.8. The van der Waals surface area contributed by atoms with Crippen molar-refractivity contribution in [2.75, 3.05) is 12.4 Å². The second-order valence-corrected chi connectivity index (χ2v) is 11.0. The molecular weight excluding hydrogens is 565 g/mol. The fourth-order valence-corrected chi connectivity index (χ4v) is 5.25. The highest BCUT2D eigenvalue weighted by Crippen LogP contribution is 2.49. The molecular formula is C32H27ClFNO5S. The van der Waals surface area contributed by atoms with Crippen molar-refractivity contribution in [2.45, 2.75) is 36.2 Å². The predicted molar refractivity (Wildman–Crippen MR) is 159 cm³/mol. The van der Waals surface area contributed by atoms with Crippen LogP contribution in [0.1, 0.15) is 37.0 Å². The van der Waals surface area contributed by atoms with Crippen molar-refractivity contribution in [2.24, 2.45) is 0 Å². The third-order valence-electron chi connectivity index (χ3n) is 7.36. The van der Waals surface area contributed by atoms with Crippen LogP contribution >= 0.6 is 23.7 Å². The molecule has 4 aromatic carbocycles. The highest BCUT2D eigenvalue weighted by Gasteiger charge is 2.51. The Bertz CT molecular complexity index is 1590. The number of ether oxygens (including phenoxy) is 2. The molecule has 0 bridgehead atoms. The fraction of sp³-hybridized carbons (Fsp3) is 0.188. The Morgan fingerprint density at radius 2 is 1.61 bits per heavy atom. The molecule has 0 spiro atoms. The summed E-state index contributed by atoms with van der Waals surface area (Å²) in [5, 5.41) is 12.9. The van der Waals surface area contributed by atoms with Gasteiger partial charge in [-0.3, -0.25) is 10.1 Å². The number of nitrogens with one attached hydrogen (secondary N) is 1. The normalized spacial score (nSPS) is 14.1. The van der Waals surface area contributed by atoms with E-state index in [-0.39, 0.29) is 12.1 Å². The Kier molecular flexibility index (Phi) is 8.24. The average Bonchev–Trinajstić information content (AvgIpc) is 3.80. The lowest BCUT2D eigenvalue weighted by Crippen LogP contribution is -2.19. The van der Waals surface area contributed by atoms with E-state index in [9.17, 15) is 18.6 Å². The molecule has 0 saturated heterocycles. The van der Waals surface area contributed by atoms with Gasteiger partial charge >= 0.3 is 12.1 Å². The first-order valence-electron chi connectivity index (χ1n) is 12.9. The standard InChI is InChI=1S/C32H27ClFNO5S/c1-19(20-5-10-24(33)11-6-20)40-31(38)35-28-18-25(41-34)12-14-26(28)22-7-13-27(29(17-22)39-2)21-3-8-23(9-4-21)32(15-16-32)30(36)37/h3-14,17-19H,15-16H2,1-2H3,(H,35,38)(H,36,37)/t19-/m1/s1. The maximum atomic E-state index is 13.5. The van der Waals surface area contributed by atoms with Crippen LogP contribution in [-0.4, -0.2) is 24.3 Å². The van der Waals surface area contributed by atoms with E-state index >= 15 is 0 Å². The van der Waals surface area contributed by atoms with Gasteiger partial charge in [-0.1, -0.05) is 66.2 Å². The van der Waals surface area contributed by atoms with Gasteiger partial charge in [-0.05, 0) is 72.4 Å². The van der Waals surface area contributed by atoms with Crippen molar-refractivity contribution in [1.82, 2.24) is 0 Å². The summed E-state index contributed by atoms with van der Waals surface area (Å²) < 4.78 is 24.7. The molecule has 0 aliphatic heterocycles. The first-order chi connectivity index (χ1) is 19.7. The van der Waals surface area contributed by atoms with Gasteiger partial charge in [0, 0.05) is 21.0 Å². The molecule has 1 aliphatic carbocycles. The van der Waals surface area contributed by atoms with E-state index in [0.29, 0.717) is 39.8 Å². The molecule has 0 unspecified atom stereocenters. The summed E-state index contributed by atoms with van der Waals surface area (Å²) in [6, 6.07) is 25.0. The van der Waals surface area contributed by atoms with Crippen LogP contribution in [0.2, 0.25) is 5.02 Å². The number of halogens is 2. The number of hydrogen-bond donors (Lipinski definition) is 2. The molecule has 0 radical (unpaired) electrons. The van der Waals surface area contributed by atoms with Crippen molar-refractivity contribution >= 4 is 41.5 Å². The summed E-state index contributed by atoms with van der Waals surface area (Å²) in [6.45, 7) is 1.75. The Labute approximate surface area is 246 Å². The molecule has 1 amide bonds. The summed E-state index contributed by atoms with van der Waals surface area (Å²) in [5.41, 5.74) is 4.27. The number of carbonyl (C=O) groups is 2. The van der Waals surface area contributed by atoms with Crippen molar-refractivity contribution in [1.29, 1.82) is 0 Å². The van der Waals surface area contributed by atoms with Crippen molar-refractivity contribution in [3.63, 3.8) is 0 Å². The van der Waals surface area contributed by atoms with Gasteiger partial charge in [0.2, 0.25) is 0 Å². The molecule has 6 nitrogen and oxygen atoms in total. The minimum absolute atomic E-state index is 0.0763. The average molecular weight is 592 g/mol. The van der Waals surface area contributed by atoms with Gasteiger partial charge in [0.15, 0.2) is 0 Å². The van der Waals surface area contributed by atoms with Crippen LogP contribution in [-0.2, 0) is 14.9 Å².